The first-order chi connectivity index (χ1) is 9.02. The Balaban J connectivity index is 2.40. The van der Waals surface area contributed by atoms with Crippen molar-refractivity contribution in [2.24, 2.45) is 0 Å². The van der Waals surface area contributed by atoms with Crippen molar-refractivity contribution in [3.05, 3.63) is 34.9 Å². The summed E-state index contributed by atoms with van der Waals surface area (Å²) in [5, 5.41) is 3.14. The highest BCUT2D eigenvalue weighted by Crippen LogP contribution is 2.10. The van der Waals surface area contributed by atoms with Crippen molar-refractivity contribution < 1.29 is 14.3 Å². The van der Waals surface area contributed by atoms with E-state index in [1.165, 1.54) is 4.90 Å². The van der Waals surface area contributed by atoms with Crippen LogP contribution in [0.1, 0.15) is 12.5 Å². The Kier molecular flexibility index (Phi) is 6.15. The molecule has 0 radical (unpaired) electrons. The van der Waals surface area contributed by atoms with Gasteiger partial charge in [-0.25, -0.2) is 4.79 Å². The van der Waals surface area contributed by atoms with Crippen LogP contribution in [0.3, 0.4) is 0 Å². The second-order valence-corrected chi connectivity index (χ2v) is 4.38. The van der Waals surface area contributed by atoms with Crippen molar-refractivity contribution in [2.75, 3.05) is 20.2 Å². The summed E-state index contributed by atoms with van der Waals surface area (Å²) in [4.78, 5) is 24.3. The molecule has 2 amide bonds. The molecule has 0 aliphatic heterocycles. The Morgan fingerprint density at radius 2 is 1.95 bits per heavy atom. The molecule has 0 atom stereocenters. The summed E-state index contributed by atoms with van der Waals surface area (Å²) < 4.78 is 4.72. The van der Waals surface area contributed by atoms with Gasteiger partial charge in [-0.05, 0) is 24.6 Å². The SMILES string of the molecule is CCOC(=O)CNC(=O)N(C)Cc1ccc(Cl)cc1. The van der Waals surface area contributed by atoms with E-state index in [2.05, 4.69) is 5.32 Å². The number of hydrogen-bond acceptors (Lipinski definition) is 3. The maximum Gasteiger partial charge on any atom is 0.325 e. The summed E-state index contributed by atoms with van der Waals surface area (Å²) in [5.74, 6) is -0.448. The van der Waals surface area contributed by atoms with E-state index >= 15 is 0 Å². The summed E-state index contributed by atoms with van der Waals surface area (Å²) in [6.07, 6.45) is 0. The molecule has 0 aromatic heterocycles. The molecule has 6 heteroatoms. The Morgan fingerprint density at radius 3 is 2.53 bits per heavy atom. The molecule has 0 saturated carbocycles. The first-order valence-electron chi connectivity index (χ1n) is 5.92. The normalized spacial score (nSPS) is 9.84. The lowest BCUT2D eigenvalue weighted by molar-refractivity contribution is -0.141. The molecule has 104 valence electrons. The Labute approximate surface area is 117 Å². The first-order valence-corrected chi connectivity index (χ1v) is 6.29. The number of halogens is 1. The van der Waals surface area contributed by atoms with Crippen LogP contribution in [0.5, 0.6) is 0 Å². The number of hydrogen-bond donors (Lipinski definition) is 1. The van der Waals surface area contributed by atoms with Crippen LogP contribution in [-0.2, 0) is 16.1 Å². The van der Waals surface area contributed by atoms with Crippen LogP contribution >= 0.6 is 11.6 Å². The first kappa shape index (κ1) is 15.3. The fourth-order valence-electron chi connectivity index (χ4n) is 1.43. The molecule has 1 N–H and O–H groups in total. The quantitative estimate of drug-likeness (QED) is 0.842. The molecular weight excluding hydrogens is 268 g/mol. The molecule has 0 spiro atoms. The highest BCUT2D eigenvalue weighted by molar-refractivity contribution is 6.30. The van der Waals surface area contributed by atoms with Crippen LogP contribution in [0.4, 0.5) is 4.79 Å². The second-order valence-electron chi connectivity index (χ2n) is 3.95. The number of benzene rings is 1. The molecule has 0 aliphatic rings. The molecular formula is C13H17ClN2O3. The number of carbonyl (C=O) groups excluding carboxylic acids is 2. The van der Waals surface area contributed by atoms with E-state index in [4.69, 9.17) is 16.3 Å². The second kappa shape index (κ2) is 7.63. The van der Waals surface area contributed by atoms with Crippen molar-refractivity contribution in [2.45, 2.75) is 13.5 Å². The molecule has 0 bridgehead atoms. The number of amides is 2. The van der Waals surface area contributed by atoms with E-state index < -0.39 is 5.97 Å². The van der Waals surface area contributed by atoms with E-state index in [1.807, 2.05) is 12.1 Å². The molecule has 0 saturated heterocycles. The zero-order chi connectivity index (χ0) is 14.3. The maximum atomic E-state index is 11.7. The summed E-state index contributed by atoms with van der Waals surface area (Å²) in [6, 6.07) is 6.89. The monoisotopic (exact) mass is 284 g/mol. The predicted molar refractivity (Wildman–Crippen MR) is 73.0 cm³/mol. The molecule has 0 aliphatic carbocycles. The van der Waals surface area contributed by atoms with Gasteiger partial charge in [0.1, 0.15) is 6.54 Å². The molecule has 1 rings (SSSR count). The third-order valence-electron chi connectivity index (χ3n) is 2.37. The minimum Gasteiger partial charge on any atom is -0.465 e. The third kappa shape index (κ3) is 5.61. The predicted octanol–water partition coefficient (Wildman–Crippen LogP) is 2.04. The van der Waals surface area contributed by atoms with E-state index in [1.54, 1.807) is 26.1 Å². The Bertz CT molecular complexity index is 434. The van der Waals surface area contributed by atoms with Gasteiger partial charge >= 0.3 is 12.0 Å². The van der Waals surface area contributed by atoms with Gasteiger partial charge in [-0.3, -0.25) is 4.79 Å². The van der Waals surface area contributed by atoms with Gasteiger partial charge < -0.3 is 15.0 Å². The van der Waals surface area contributed by atoms with Crippen LogP contribution in [0.15, 0.2) is 24.3 Å². The fourth-order valence-corrected chi connectivity index (χ4v) is 1.56. The highest BCUT2D eigenvalue weighted by Gasteiger charge is 2.10. The molecule has 19 heavy (non-hydrogen) atoms. The molecule has 0 unspecified atom stereocenters. The van der Waals surface area contributed by atoms with Crippen molar-refractivity contribution in [1.29, 1.82) is 0 Å². The number of rotatable bonds is 5. The number of ether oxygens (including phenoxy) is 1. The van der Waals surface area contributed by atoms with Gasteiger partial charge in [-0.1, -0.05) is 23.7 Å². The average Bonchev–Trinajstić information content (AvgIpc) is 2.39. The largest absolute Gasteiger partial charge is 0.465 e. The minimum atomic E-state index is -0.448. The lowest BCUT2D eigenvalue weighted by Gasteiger charge is -2.17. The number of esters is 1. The van der Waals surface area contributed by atoms with E-state index in [0.717, 1.165) is 5.56 Å². The Hall–Kier alpha value is -1.75. The summed E-state index contributed by atoms with van der Waals surface area (Å²) in [7, 11) is 1.65. The summed E-state index contributed by atoms with van der Waals surface area (Å²) in [6.45, 7) is 2.32. The van der Waals surface area contributed by atoms with Gasteiger partial charge in [-0.2, -0.15) is 0 Å². The lowest BCUT2D eigenvalue weighted by atomic mass is 10.2. The lowest BCUT2D eigenvalue weighted by Crippen LogP contribution is -2.39. The van der Waals surface area contributed by atoms with Crippen LogP contribution in [0.2, 0.25) is 5.02 Å². The van der Waals surface area contributed by atoms with Crippen LogP contribution < -0.4 is 5.32 Å². The summed E-state index contributed by atoms with van der Waals surface area (Å²) >= 11 is 5.78. The maximum absolute atomic E-state index is 11.7. The van der Waals surface area contributed by atoms with Crippen molar-refractivity contribution in [3.8, 4) is 0 Å². The van der Waals surface area contributed by atoms with E-state index in [9.17, 15) is 9.59 Å². The van der Waals surface area contributed by atoms with Crippen LogP contribution in [-0.4, -0.2) is 37.1 Å². The number of carbonyl (C=O) groups is 2. The van der Waals surface area contributed by atoms with Crippen LogP contribution in [0, 0.1) is 0 Å². The van der Waals surface area contributed by atoms with Crippen molar-refractivity contribution in [1.82, 2.24) is 10.2 Å². The van der Waals surface area contributed by atoms with Crippen molar-refractivity contribution in [3.63, 3.8) is 0 Å². The number of nitrogens with one attached hydrogen (secondary N) is 1. The summed E-state index contributed by atoms with van der Waals surface area (Å²) in [5.41, 5.74) is 0.957. The van der Waals surface area contributed by atoms with E-state index in [-0.39, 0.29) is 12.6 Å². The van der Waals surface area contributed by atoms with Crippen LogP contribution in [0.25, 0.3) is 0 Å². The van der Waals surface area contributed by atoms with Crippen molar-refractivity contribution >= 4 is 23.6 Å². The van der Waals surface area contributed by atoms with Gasteiger partial charge in [0.05, 0.1) is 6.61 Å². The highest BCUT2D eigenvalue weighted by atomic mass is 35.5. The topological polar surface area (TPSA) is 58.6 Å². The number of urea groups is 1. The number of nitrogens with zero attached hydrogens (tertiary/aromatic N) is 1. The molecule has 5 nitrogen and oxygen atoms in total. The zero-order valence-electron chi connectivity index (χ0n) is 11.0. The van der Waals surface area contributed by atoms with Gasteiger partial charge in [0.15, 0.2) is 0 Å². The molecule has 1 aromatic carbocycles. The molecule has 0 heterocycles. The Morgan fingerprint density at radius 1 is 1.32 bits per heavy atom. The smallest absolute Gasteiger partial charge is 0.325 e. The average molecular weight is 285 g/mol. The standard InChI is InChI=1S/C13H17ClN2O3/c1-3-19-12(17)8-15-13(18)16(2)9-10-4-6-11(14)7-5-10/h4-7H,3,8-9H2,1-2H3,(H,15,18). The zero-order valence-corrected chi connectivity index (χ0v) is 11.7. The van der Waals surface area contributed by atoms with Gasteiger partial charge in [0, 0.05) is 18.6 Å². The van der Waals surface area contributed by atoms with E-state index in [0.29, 0.717) is 18.2 Å². The minimum absolute atomic E-state index is 0.127. The fraction of sp³-hybridized carbons (Fsp3) is 0.385. The molecule has 1 aromatic rings. The third-order valence-corrected chi connectivity index (χ3v) is 2.62. The van der Waals surface area contributed by atoms with Gasteiger partial charge in [0.2, 0.25) is 0 Å². The molecule has 0 fully saturated rings. The van der Waals surface area contributed by atoms with Gasteiger partial charge in [-0.15, -0.1) is 0 Å². The van der Waals surface area contributed by atoms with Gasteiger partial charge in [0.25, 0.3) is 0 Å².